The van der Waals surface area contributed by atoms with Crippen molar-refractivity contribution >= 4 is 17.3 Å². The number of nitrogens with one attached hydrogen (secondary N) is 1. The number of carbonyl (C=O) groups is 1. The van der Waals surface area contributed by atoms with Gasteiger partial charge in [0.15, 0.2) is 5.69 Å². The van der Waals surface area contributed by atoms with E-state index in [1.54, 1.807) is 31.2 Å². The number of H-pyrrole nitrogens is 1. The van der Waals surface area contributed by atoms with Crippen LogP contribution in [0.1, 0.15) is 42.4 Å². The molecule has 0 saturated heterocycles. The van der Waals surface area contributed by atoms with Crippen LogP contribution in [0.4, 0.5) is 11.4 Å². The third-order valence-electron chi connectivity index (χ3n) is 4.73. The van der Waals surface area contributed by atoms with Gasteiger partial charge < -0.3 is 4.74 Å². The van der Waals surface area contributed by atoms with E-state index >= 15 is 0 Å². The number of carbonyl (C=O) groups excluding carboxylic acids is 1. The minimum atomic E-state index is -0.440. The molecule has 1 heterocycles. The fourth-order valence-electron chi connectivity index (χ4n) is 2.94. The lowest BCUT2D eigenvalue weighted by atomic mass is 9.87. The zero-order chi connectivity index (χ0) is 22.6. The lowest BCUT2D eigenvalue weighted by Gasteiger charge is -2.19. The molecule has 0 spiro atoms. The third kappa shape index (κ3) is 5.06. The Kier molecular flexibility index (Phi) is 6.34. The lowest BCUT2D eigenvalue weighted by molar-refractivity contribution is 0.0550. The fraction of sp³-hybridized carbons (Fsp3) is 0.250. The van der Waals surface area contributed by atoms with Crippen LogP contribution >= 0.6 is 0 Å². The van der Waals surface area contributed by atoms with Gasteiger partial charge >= 0.3 is 5.97 Å². The van der Waals surface area contributed by atoms with Gasteiger partial charge in [-0.25, -0.2) is 9.48 Å². The molecule has 0 bridgehead atoms. The number of hydrogen-bond acceptors (Lipinski definition) is 5. The smallest absolute Gasteiger partial charge is 0.338 e. The molecular formula is C24H26N4O3. The summed E-state index contributed by atoms with van der Waals surface area (Å²) in [5.41, 5.74) is 3.42. The summed E-state index contributed by atoms with van der Waals surface area (Å²) >= 11 is 0. The summed E-state index contributed by atoms with van der Waals surface area (Å²) in [5.74, 6) is -0.440. The molecule has 7 heteroatoms. The molecule has 160 valence electrons. The highest BCUT2D eigenvalue weighted by molar-refractivity contribution is 5.89. The Bertz CT molecular complexity index is 1160. The van der Waals surface area contributed by atoms with Crippen LogP contribution in [0.2, 0.25) is 0 Å². The van der Waals surface area contributed by atoms with Gasteiger partial charge in [0, 0.05) is 0 Å². The molecule has 3 rings (SSSR count). The summed E-state index contributed by atoms with van der Waals surface area (Å²) in [7, 11) is 0. The van der Waals surface area contributed by atoms with Crippen LogP contribution in [0.5, 0.6) is 0 Å². The molecule has 3 aromatic rings. The standard InChI is InChI=1S/C24H26N4O3/c1-6-15-31-23(30)17-7-11-19(12-8-17)25-26-21-16(2)27-28(22(21)29)20-13-9-18(10-14-20)24(3,4)5/h6-14,27H,1,15H2,2-5H3/b26-25+. The van der Waals surface area contributed by atoms with Gasteiger partial charge in [0.05, 0.1) is 22.6 Å². The zero-order valence-corrected chi connectivity index (χ0v) is 18.2. The second kappa shape index (κ2) is 8.95. The molecule has 2 aromatic carbocycles. The summed E-state index contributed by atoms with van der Waals surface area (Å²) < 4.78 is 6.44. The molecule has 31 heavy (non-hydrogen) atoms. The summed E-state index contributed by atoms with van der Waals surface area (Å²) in [4.78, 5) is 24.7. The molecule has 0 atom stereocenters. The third-order valence-corrected chi connectivity index (χ3v) is 4.73. The van der Waals surface area contributed by atoms with Gasteiger partial charge in [-0.15, -0.1) is 5.11 Å². The highest BCUT2D eigenvalue weighted by Gasteiger charge is 2.15. The van der Waals surface area contributed by atoms with Crippen LogP contribution in [0.15, 0.2) is 76.2 Å². The van der Waals surface area contributed by atoms with Gasteiger partial charge in [-0.2, -0.15) is 5.11 Å². The number of aromatic nitrogens is 2. The summed E-state index contributed by atoms with van der Waals surface area (Å²) in [6.07, 6.45) is 1.51. The maximum Gasteiger partial charge on any atom is 0.338 e. The highest BCUT2D eigenvalue weighted by atomic mass is 16.5. The largest absolute Gasteiger partial charge is 0.458 e. The molecule has 0 fully saturated rings. The van der Waals surface area contributed by atoms with Crippen molar-refractivity contribution in [2.45, 2.75) is 33.1 Å². The van der Waals surface area contributed by atoms with Crippen molar-refractivity contribution in [3.05, 3.63) is 88.4 Å². The van der Waals surface area contributed by atoms with Gasteiger partial charge in [-0.1, -0.05) is 45.6 Å². The van der Waals surface area contributed by atoms with Crippen molar-refractivity contribution in [2.24, 2.45) is 10.2 Å². The van der Waals surface area contributed by atoms with Crippen molar-refractivity contribution in [1.82, 2.24) is 9.78 Å². The van der Waals surface area contributed by atoms with Gasteiger partial charge in [-0.3, -0.25) is 9.89 Å². The number of aromatic amines is 1. The zero-order valence-electron chi connectivity index (χ0n) is 18.2. The molecule has 0 unspecified atom stereocenters. The monoisotopic (exact) mass is 418 g/mol. The number of azo groups is 1. The molecule has 0 amide bonds. The second-order valence-electron chi connectivity index (χ2n) is 8.16. The average molecular weight is 418 g/mol. The Morgan fingerprint density at radius 2 is 1.74 bits per heavy atom. The Labute approximate surface area is 181 Å². The maximum atomic E-state index is 12.8. The van der Waals surface area contributed by atoms with E-state index in [4.69, 9.17) is 4.74 Å². The summed E-state index contributed by atoms with van der Waals surface area (Å²) in [6.45, 7) is 11.9. The Morgan fingerprint density at radius 1 is 1.10 bits per heavy atom. The van der Waals surface area contributed by atoms with E-state index in [0.717, 1.165) is 5.69 Å². The van der Waals surface area contributed by atoms with Crippen LogP contribution in [0.25, 0.3) is 5.69 Å². The Hall–Kier alpha value is -3.74. The van der Waals surface area contributed by atoms with E-state index in [0.29, 0.717) is 16.9 Å². The molecule has 0 aliphatic carbocycles. The van der Waals surface area contributed by atoms with Crippen LogP contribution in [-0.4, -0.2) is 22.4 Å². The van der Waals surface area contributed by atoms with Crippen LogP contribution in [0.3, 0.4) is 0 Å². The van der Waals surface area contributed by atoms with E-state index in [1.807, 2.05) is 24.3 Å². The summed E-state index contributed by atoms with van der Waals surface area (Å²) in [5, 5.41) is 11.3. The van der Waals surface area contributed by atoms with Crippen molar-refractivity contribution in [1.29, 1.82) is 0 Å². The number of nitrogens with zero attached hydrogens (tertiary/aromatic N) is 3. The SMILES string of the molecule is C=CCOC(=O)c1ccc(/N=N/c2c(C)[nH]n(-c3ccc(C(C)(C)C)cc3)c2=O)cc1. The van der Waals surface area contributed by atoms with E-state index in [9.17, 15) is 9.59 Å². The molecule has 1 N–H and O–H groups in total. The molecule has 0 saturated carbocycles. The first-order chi connectivity index (χ1) is 14.7. The van der Waals surface area contributed by atoms with E-state index in [1.165, 1.54) is 16.3 Å². The number of ether oxygens (including phenoxy) is 1. The number of esters is 1. The molecule has 7 nitrogen and oxygen atoms in total. The number of benzene rings is 2. The minimum Gasteiger partial charge on any atom is -0.458 e. The van der Waals surface area contributed by atoms with E-state index in [2.05, 4.69) is 42.7 Å². The first-order valence-corrected chi connectivity index (χ1v) is 9.93. The molecule has 1 aromatic heterocycles. The van der Waals surface area contributed by atoms with Crippen molar-refractivity contribution in [2.75, 3.05) is 6.61 Å². The van der Waals surface area contributed by atoms with Crippen LogP contribution < -0.4 is 5.56 Å². The van der Waals surface area contributed by atoms with Gasteiger partial charge in [0.25, 0.3) is 5.56 Å². The van der Waals surface area contributed by atoms with E-state index in [-0.39, 0.29) is 23.3 Å². The van der Waals surface area contributed by atoms with E-state index < -0.39 is 5.97 Å². The molecule has 0 radical (unpaired) electrons. The second-order valence-corrected chi connectivity index (χ2v) is 8.16. The molecular weight excluding hydrogens is 392 g/mol. The topological polar surface area (TPSA) is 88.8 Å². The molecule has 0 aliphatic rings. The summed E-state index contributed by atoms with van der Waals surface area (Å²) in [6, 6.07) is 14.3. The normalized spacial score (nSPS) is 11.6. The predicted octanol–water partition coefficient (Wildman–Crippen LogP) is 5.53. The predicted molar refractivity (Wildman–Crippen MR) is 121 cm³/mol. The van der Waals surface area contributed by atoms with Gasteiger partial charge in [-0.05, 0) is 54.3 Å². The van der Waals surface area contributed by atoms with Crippen LogP contribution in [0, 0.1) is 6.92 Å². The number of rotatable bonds is 6. The lowest BCUT2D eigenvalue weighted by Crippen LogP contribution is -2.15. The van der Waals surface area contributed by atoms with Gasteiger partial charge in [0.2, 0.25) is 0 Å². The first kappa shape index (κ1) is 22.0. The molecule has 0 aliphatic heterocycles. The number of hydrogen-bond donors (Lipinski definition) is 1. The quantitative estimate of drug-likeness (QED) is 0.324. The van der Waals surface area contributed by atoms with Crippen molar-refractivity contribution in [3.8, 4) is 5.69 Å². The minimum absolute atomic E-state index is 0.0342. The van der Waals surface area contributed by atoms with Crippen molar-refractivity contribution in [3.63, 3.8) is 0 Å². The highest BCUT2D eigenvalue weighted by Crippen LogP contribution is 2.24. The fourth-order valence-corrected chi connectivity index (χ4v) is 2.94. The number of aryl methyl sites for hydroxylation is 1. The Morgan fingerprint density at radius 3 is 2.32 bits per heavy atom. The van der Waals surface area contributed by atoms with Gasteiger partial charge in [0.1, 0.15) is 6.61 Å². The van der Waals surface area contributed by atoms with Crippen molar-refractivity contribution < 1.29 is 9.53 Å². The first-order valence-electron chi connectivity index (χ1n) is 9.93. The van der Waals surface area contributed by atoms with Crippen LogP contribution in [-0.2, 0) is 10.2 Å². The Balaban J connectivity index is 1.81. The maximum absolute atomic E-state index is 12.8. The average Bonchev–Trinajstić information content (AvgIpc) is 3.03.